The topological polar surface area (TPSA) is 84.0 Å². The number of ketones is 1. The van der Waals surface area contributed by atoms with Crippen LogP contribution in [-0.2, 0) is 19.6 Å². The van der Waals surface area contributed by atoms with Gasteiger partial charge in [-0.2, -0.15) is 4.31 Å². The fraction of sp³-hybridized carbons (Fsp3) is 0.882. The van der Waals surface area contributed by atoms with Crippen LogP contribution in [0.4, 0.5) is 4.79 Å². The van der Waals surface area contributed by atoms with Gasteiger partial charge < -0.3 is 9.64 Å². The minimum absolute atomic E-state index is 0.0955. The van der Waals surface area contributed by atoms with Gasteiger partial charge in [-0.15, -0.1) is 0 Å². The molecule has 0 aromatic heterocycles. The molecule has 7 nitrogen and oxygen atoms in total. The summed E-state index contributed by atoms with van der Waals surface area (Å²) in [5.74, 6) is 0.320. The summed E-state index contributed by atoms with van der Waals surface area (Å²) in [5.41, 5.74) is -1.00. The molecule has 2 atom stereocenters. The van der Waals surface area contributed by atoms with Crippen molar-refractivity contribution in [3.05, 3.63) is 0 Å². The fourth-order valence-corrected chi connectivity index (χ4v) is 7.08. The molecule has 8 heteroatoms. The zero-order chi connectivity index (χ0) is 18.5. The van der Waals surface area contributed by atoms with Gasteiger partial charge in [0.1, 0.15) is 5.78 Å². The Balaban J connectivity index is 1.70. The van der Waals surface area contributed by atoms with Crippen molar-refractivity contribution >= 4 is 21.9 Å². The number of hydrogen-bond acceptors (Lipinski definition) is 5. The molecule has 0 spiro atoms. The maximum Gasteiger partial charge on any atom is 0.409 e. The van der Waals surface area contributed by atoms with Gasteiger partial charge in [0.05, 0.1) is 12.4 Å². The van der Waals surface area contributed by atoms with Crippen molar-refractivity contribution in [2.24, 2.45) is 16.7 Å². The van der Waals surface area contributed by atoms with Gasteiger partial charge in [-0.1, -0.05) is 13.8 Å². The molecule has 0 aromatic rings. The number of rotatable bonds is 4. The van der Waals surface area contributed by atoms with Crippen molar-refractivity contribution in [3.8, 4) is 0 Å². The van der Waals surface area contributed by atoms with E-state index < -0.39 is 21.5 Å². The van der Waals surface area contributed by atoms with E-state index in [0.29, 0.717) is 38.5 Å². The number of ether oxygens (including phenoxy) is 1. The van der Waals surface area contributed by atoms with Crippen LogP contribution in [0.25, 0.3) is 0 Å². The third-order valence-corrected chi connectivity index (χ3v) is 8.74. The smallest absolute Gasteiger partial charge is 0.409 e. The summed E-state index contributed by atoms with van der Waals surface area (Å²) in [4.78, 5) is 25.9. The van der Waals surface area contributed by atoms with Crippen LogP contribution in [0.15, 0.2) is 0 Å². The fourth-order valence-electron chi connectivity index (χ4n) is 4.87. The summed E-state index contributed by atoms with van der Waals surface area (Å²) in [6.07, 6.45) is 1.72. The number of hydrogen-bond donors (Lipinski definition) is 0. The maximum absolute atomic E-state index is 13.0. The molecule has 1 aliphatic heterocycles. The molecule has 1 amide bonds. The van der Waals surface area contributed by atoms with Crippen LogP contribution in [0.3, 0.4) is 0 Å². The van der Waals surface area contributed by atoms with E-state index in [4.69, 9.17) is 4.74 Å². The van der Waals surface area contributed by atoms with Gasteiger partial charge >= 0.3 is 6.09 Å². The molecule has 2 aliphatic carbocycles. The van der Waals surface area contributed by atoms with E-state index in [0.717, 1.165) is 6.42 Å². The van der Waals surface area contributed by atoms with Gasteiger partial charge in [0.25, 0.3) is 0 Å². The summed E-state index contributed by atoms with van der Waals surface area (Å²) in [7, 11) is -3.54. The Labute approximate surface area is 149 Å². The highest BCUT2D eigenvalue weighted by Gasteiger charge is 2.65. The summed E-state index contributed by atoms with van der Waals surface area (Å²) >= 11 is 0. The Hall–Kier alpha value is -1.15. The van der Waals surface area contributed by atoms with Crippen molar-refractivity contribution < 1.29 is 22.7 Å². The Morgan fingerprint density at radius 2 is 1.88 bits per heavy atom. The van der Waals surface area contributed by atoms with Crippen molar-refractivity contribution in [1.29, 1.82) is 0 Å². The first-order valence-electron chi connectivity index (χ1n) is 9.07. The normalized spacial score (nSPS) is 32.2. The molecular weight excluding hydrogens is 344 g/mol. The first-order valence-corrected chi connectivity index (χ1v) is 10.7. The first kappa shape index (κ1) is 18.6. The molecule has 2 bridgehead atoms. The highest BCUT2D eigenvalue weighted by atomic mass is 32.2. The number of amides is 1. The molecule has 2 saturated carbocycles. The third kappa shape index (κ3) is 2.87. The number of fused-ring (bicyclic) bond motifs is 2. The van der Waals surface area contributed by atoms with E-state index in [2.05, 4.69) is 0 Å². The average Bonchev–Trinajstić information content (AvgIpc) is 2.89. The Morgan fingerprint density at radius 3 is 2.36 bits per heavy atom. The van der Waals surface area contributed by atoms with Crippen LogP contribution in [0.5, 0.6) is 0 Å². The highest BCUT2D eigenvalue weighted by molar-refractivity contribution is 7.89. The van der Waals surface area contributed by atoms with Gasteiger partial charge in [0.2, 0.25) is 10.0 Å². The summed E-state index contributed by atoms with van der Waals surface area (Å²) < 4.78 is 32.4. The van der Waals surface area contributed by atoms with E-state index in [9.17, 15) is 18.0 Å². The number of nitrogens with zero attached hydrogens (tertiary/aromatic N) is 2. The molecule has 25 heavy (non-hydrogen) atoms. The van der Waals surface area contributed by atoms with E-state index >= 15 is 0 Å². The lowest BCUT2D eigenvalue weighted by atomic mass is 9.70. The minimum Gasteiger partial charge on any atom is -0.450 e. The molecule has 3 fully saturated rings. The van der Waals surface area contributed by atoms with Crippen molar-refractivity contribution in [1.82, 2.24) is 9.21 Å². The van der Waals surface area contributed by atoms with Crippen LogP contribution >= 0.6 is 0 Å². The molecule has 0 radical (unpaired) electrons. The van der Waals surface area contributed by atoms with Crippen LogP contribution in [0.1, 0.15) is 40.0 Å². The molecule has 0 unspecified atom stereocenters. The zero-order valence-electron chi connectivity index (χ0n) is 15.3. The molecule has 0 N–H and O–H groups in total. The van der Waals surface area contributed by atoms with Crippen LogP contribution < -0.4 is 0 Å². The van der Waals surface area contributed by atoms with Gasteiger partial charge in [0, 0.05) is 38.0 Å². The Morgan fingerprint density at radius 1 is 1.24 bits per heavy atom. The Kier molecular flexibility index (Phi) is 4.64. The second-order valence-corrected chi connectivity index (χ2v) is 9.98. The molecule has 1 saturated heterocycles. The third-order valence-electron chi connectivity index (χ3n) is 6.73. The summed E-state index contributed by atoms with van der Waals surface area (Å²) in [6, 6.07) is 0. The Bertz CT molecular complexity index is 667. The standard InChI is InChI=1S/C17H28N2O5S/c1-4-24-15(21)18-7-9-19(10-8-18)25(22,23)12-17-6-5-13(11-14(17)20)16(17,2)3/h13H,4-12H2,1-3H3/t13-,17-/m0/s1. The summed E-state index contributed by atoms with van der Waals surface area (Å²) in [5, 5.41) is 0. The molecule has 142 valence electrons. The largest absolute Gasteiger partial charge is 0.450 e. The van der Waals surface area contributed by atoms with E-state index in [-0.39, 0.29) is 30.0 Å². The lowest BCUT2D eigenvalue weighted by Crippen LogP contribution is -2.53. The van der Waals surface area contributed by atoms with E-state index in [1.54, 1.807) is 6.92 Å². The monoisotopic (exact) mass is 372 g/mol. The molecule has 3 rings (SSSR count). The number of piperazine rings is 1. The molecule has 3 aliphatic rings. The molecule has 1 heterocycles. The first-order chi connectivity index (χ1) is 11.6. The van der Waals surface area contributed by atoms with Crippen LogP contribution in [0, 0.1) is 16.7 Å². The van der Waals surface area contributed by atoms with Gasteiger partial charge in [-0.05, 0) is 31.1 Å². The number of sulfonamides is 1. The maximum atomic E-state index is 13.0. The number of carbonyl (C=O) groups excluding carboxylic acids is 2. The van der Waals surface area contributed by atoms with Crippen molar-refractivity contribution in [2.45, 2.75) is 40.0 Å². The summed E-state index contributed by atoms with van der Waals surface area (Å²) in [6.45, 7) is 7.31. The predicted octanol–water partition coefficient (Wildman–Crippen LogP) is 1.49. The minimum atomic E-state index is -3.54. The second kappa shape index (κ2) is 6.23. The average molecular weight is 372 g/mol. The number of Topliss-reactive ketones (excluding diaryl/α,β-unsaturated/α-hetero) is 1. The SMILES string of the molecule is CCOC(=O)N1CCN(S(=O)(=O)C[C@@]23CC[C@@H](CC2=O)C3(C)C)CC1. The van der Waals surface area contributed by atoms with Gasteiger partial charge in [-0.3, -0.25) is 4.79 Å². The second-order valence-electron chi connectivity index (χ2n) is 8.01. The zero-order valence-corrected chi connectivity index (χ0v) is 16.1. The van der Waals surface area contributed by atoms with Crippen LogP contribution in [-0.4, -0.2) is 68.0 Å². The lowest BCUT2D eigenvalue weighted by molar-refractivity contribution is -0.128. The van der Waals surface area contributed by atoms with Crippen molar-refractivity contribution in [2.75, 3.05) is 38.5 Å². The van der Waals surface area contributed by atoms with Gasteiger partial charge in [-0.25, -0.2) is 13.2 Å². The van der Waals surface area contributed by atoms with Crippen LogP contribution in [0.2, 0.25) is 0 Å². The van der Waals surface area contributed by atoms with E-state index in [1.165, 1.54) is 9.21 Å². The quantitative estimate of drug-likeness (QED) is 0.746. The number of carbonyl (C=O) groups is 2. The lowest BCUT2D eigenvalue weighted by Gasteiger charge is -2.39. The molecule has 0 aromatic carbocycles. The highest BCUT2D eigenvalue weighted by Crippen LogP contribution is 2.64. The van der Waals surface area contributed by atoms with E-state index in [1.807, 2.05) is 13.8 Å². The van der Waals surface area contributed by atoms with Crippen molar-refractivity contribution in [3.63, 3.8) is 0 Å². The van der Waals surface area contributed by atoms with Gasteiger partial charge in [0.15, 0.2) is 0 Å². The predicted molar refractivity (Wildman–Crippen MR) is 92.5 cm³/mol. The molecular formula is C17H28N2O5S.